The third kappa shape index (κ3) is 2.49. The number of benzene rings is 1. The molecule has 0 amide bonds. The van der Waals surface area contributed by atoms with E-state index in [9.17, 15) is 0 Å². The molecule has 1 rings (SSSR count). The van der Waals surface area contributed by atoms with Crippen molar-refractivity contribution in [3.63, 3.8) is 0 Å². The van der Waals surface area contributed by atoms with E-state index in [0.29, 0.717) is 12.5 Å². The SMILES string of the molecule is CCc1ccc(Cl)c(C(CC)CN)c1. The van der Waals surface area contributed by atoms with Crippen LogP contribution in [-0.4, -0.2) is 6.54 Å². The molecule has 14 heavy (non-hydrogen) atoms. The number of hydrogen-bond acceptors (Lipinski definition) is 1. The summed E-state index contributed by atoms with van der Waals surface area (Å²) in [6.45, 7) is 4.96. The lowest BCUT2D eigenvalue weighted by Gasteiger charge is -2.15. The van der Waals surface area contributed by atoms with Crippen LogP contribution in [0.3, 0.4) is 0 Å². The van der Waals surface area contributed by atoms with Gasteiger partial charge in [0.15, 0.2) is 0 Å². The summed E-state index contributed by atoms with van der Waals surface area (Å²) in [4.78, 5) is 0. The Morgan fingerprint density at radius 1 is 1.36 bits per heavy atom. The molecule has 0 fully saturated rings. The molecule has 0 spiro atoms. The molecule has 0 aromatic heterocycles. The summed E-state index contributed by atoms with van der Waals surface area (Å²) in [7, 11) is 0. The summed E-state index contributed by atoms with van der Waals surface area (Å²) in [5, 5.41) is 0.847. The first kappa shape index (κ1) is 11.5. The van der Waals surface area contributed by atoms with Gasteiger partial charge in [-0.2, -0.15) is 0 Å². The second kappa shape index (κ2) is 5.38. The molecule has 2 N–H and O–H groups in total. The van der Waals surface area contributed by atoms with Crippen molar-refractivity contribution in [2.75, 3.05) is 6.54 Å². The first-order valence-corrected chi connectivity index (χ1v) is 5.59. The number of hydrogen-bond donors (Lipinski definition) is 1. The second-order valence-electron chi connectivity index (χ2n) is 3.55. The molecule has 0 aliphatic heterocycles. The van der Waals surface area contributed by atoms with E-state index >= 15 is 0 Å². The van der Waals surface area contributed by atoms with Gasteiger partial charge in [0.25, 0.3) is 0 Å². The zero-order valence-electron chi connectivity index (χ0n) is 8.89. The fourth-order valence-electron chi connectivity index (χ4n) is 1.64. The molecular weight excluding hydrogens is 194 g/mol. The van der Waals surface area contributed by atoms with Crippen LogP contribution in [0.2, 0.25) is 5.02 Å². The molecule has 1 aromatic rings. The Balaban J connectivity index is 3.04. The van der Waals surface area contributed by atoms with Gasteiger partial charge in [-0.05, 0) is 42.5 Å². The molecule has 1 nitrogen and oxygen atoms in total. The molecule has 78 valence electrons. The van der Waals surface area contributed by atoms with Crippen LogP contribution in [0.4, 0.5) is 0 Å². The van der Waals surface area contributed by atoms with Gasteiger partial charge in [-0.25, -0.2) is 0 Å². The van der Waals surface area contributed by atoms with Crippen LogP contribution in [0.15, 0.2) is 18.2 Å². The lowest BCUT2D eigenvalue weighted by atomic mass is 9.94. The van der Waals surface area contributed by atoms with E-state index < -0.39 is 0 Å². The van der Waals surface area contributed by atoms with Crippen LogP contribution in [0, 0.1) is 0 Å². The van der Waals surface area contributed by atoms with Gasteiger partial charge in [0.2, 0.25) is 0 Å². The topological polar surface area (TPSA) is 26.0 Å². The van der Waals surface area contributed by atoms with Gasteiger partial charge in [-0.15, -0.1) is 0 Å². The van der Waals surface area contributed by atoms with Crippen molar-refractivity contribution in [1.82, 2.24) is 0 Å². The average Bonchev–Trinajstić information content (AvgIpc) is 2.22. The highest BCUT2D eigenvalue weighted by Gasteiger charge is 2.11. The molecule has 0 bridgehead atoms. The number of rotatable bonds is 4. The maximum absolute atomic E-state index is 6.15. The summed E-state index contributed by atoms with van der Waals surface area (Å²) in [6.07, 6.45) is 2.09. The Hall–Kier alpha value is -0.530. The summed E-state index contributed by atoms with van der Waals surface area (Å²) in [6, 6.07) is 6.24. The van der Waals surface area contributed by atoms with Gasteiger partial charge in [0.1, 0.15) is 0 Å². The van der Waals surface area contributed by atoms with E-state index in [4.69, 9.17) is 17.3 Å². The van der Waals surface area contributed by atoms with E-state index in [1.165, 1.54) is 11.1 Å². The van der Waals surface area contributed by atoms with Crippen molar-refractivity contribution < 1.29 is 0 Å². The van der Waals surface area contributed by atoms with Crippen molar-refractivity contribution in [1.29, 1.82) is 0 Å². The van der Waals surface area contributed by atoms with Gasteiger partial charge in [-0.3, -0.25) is 0 Å². The van der Waals surface area contributed by atoms with Gasteiger partial charge in [0.05, 0.1) is 0 Å². The molecule has 2 heteroatoms. The molecule has 0 aliphatic rings. The van der Waals surface area contributed by atoms with Crippen LogP contribution in [-0.2, 0) is 6.42 Å². The minimum atomic E-state index is 0.397. The van der Waals surface area contributed by atoms with E-state index in [1.54, 1.807) is 0 Å². The fraction of sp³-hybridized carbons (Fsp3) is 0.500. The van der Waals surface area contributed by atoms with Crippen molar-refractivity contribution >= 4 is 11.6 Å². The molecule has 0 heterocycles. The van der Waals surface area contributed by atoms with Crippen molar-refractivity contribution in [3.05, 3.63) is 34.3 Å². The molecular formula is C12H18ClN. The normalized spacial score (nSPS) is 12.9. The minimum absolute atomic E-state index is 0.397. The summed E-state index contributed by atoms with van der Waals surface area (Å²) in [5.74, 6) is 0.397. The molecule has 0 saturated heterocycles. The van der Waals surface area contributed by atoms with Gasteiger partial charge >= 0.3 is 0 Å². The summed E-state index contributed by atoms with van der Waals surface area (Å²) in [5.41, 5.74) is 8.25. The van der Waals surface area contributed by atoms with Gasteiger partial charge in [0, 0.05) is 5.02 Å². The molecule has 0 saturated carbocycles. The highest BCUT2D eigenvalue weighted by Crippen LogP contribution is 2.27. The molecule has 0 aliphatic carbocycles. The summed E-state index contributed by atoms with van der Waals surface area (Å²) < 4.78 is 0. The van der Waals surface area contributed by atoms with Crippen molar-refractivity contribution in [3.8, 4) is 0 Å². The standard InChI is InChI=1S/C12H18ClN/c1-3-9-5-6-12(13)11(7-9)10(4-2)8-14/h5-7,10H,3-4,8,14H2,1-2H3. The average molecular weight is 212 g/mol. The van der Waals surface area contributed by atoms with E-state index in [2.05, 4.69) is 26.0 Å². The molecule has 1 atom stereocenters. The minimum Gasteiger partial charge on any atom is -0.330 e. The monoisotopic (exact) mass is 211 g/mol. The Kier molecular flexibility index (Phi) is 4.43. The third-order valence-electron chi connectivity index (χ3n) is 2.69. The zero-order valence-corrected chi connectivity index (χ0v) is 9.64. The predicted molar refractivity (Wildman–Crippen MR) is 62.9 cm³/mol. The Morgan fingerprint density at radius 3 is 2.57 bits per heavy atom. The predicted octanol–water partition coefficient (Wildman–Crippen LogP) is 3.35. The lowest BCUT2D eigenvalue weighted by molar-refractivity contribution is 0.673. The lowest BCUT2D eigenvalue weighted by Crippen LogP contribution is -2.12. The maximum Gasteiger partial charge on any atom is 0.0441 e. The van der Waals surface area contributed by atoms with E-state index in [-0.39, 0.29) is 0 Å². The number of aryl methyl sites for hydroxylation is 1. The Labute approximate surface area is 91.3 Å². The summed E-state index contributed by atoms with van der Waals surface area (Å²) >= 11 is 6.15. The fourth-order valence-corrected chi connectivity index (χ4v) is 1.91. The molecule has 1 aromatic carbocycles. The highest BCUT2D eigenvalue weighted by molar-refractivity contribution is 6.31. The van der Waals surface area contributed by atoms with E-state index in [1.807, 2.05) is 6.07 Å². The number of halogens is 1. The smallest absolute Gasteiger partial charge is 0.0441 e. The van der Waals surface area contributed by atoms with Gasteiger partial charge < -0.3 is 5.73 Å². The molecule has 0 radical (unpaired) electrons. The zero-order chi connectivity index (χ0) is 10.6. The molecule has 1 unspecified atom stereocenters. The van der Waals surface area contributed by atoms with Crippen LogP contribution >= 0.6 is 11.6 Å². The number of nitrogens with two attached hydrogens (primary N) is 1. The third-order valence-corrected chi connectivity index (χ3v) is 3.03. The van der Waals surface area contributed by atoms with Crippen LogP contribution in [0.5, 0.6) is 0 Å². The van der Waals surface area contributed by atoms with Crippen molar-refractivity contribution in [2.24, 2.45) is 5.73 Å². The second-order valence-corrected chi connectivity index (χ2v) is 3.96. The highest BCUT2D eigenvalue weighted by atomic mass is 35.5. The first-order chi connectivity index (χ1) is 6.72. The van der Waals surface area contributed by atoms with Crippen molar-refractivity contribution in [2.45, 2.75) is 32.6 Å². The first-order valence-electron chi connectivity index (χ1n) is 5.21. The van der Waals surface area contributed by atoms with Crippen LogP contribution in [0.1, 0.15) is 37.3 Å². The quantitative estimate of drug-likeness (QED) is 0.812. The van der Waals surface area contributed by atoms with E-state index in [0.717, 1.165) is 17.9 Å². The van der Waals surface area contributed by atoms with Crippen LogP contribution < -0.4 is 5.73 Å². The Morgan fingerprint density at radius 2 is 2.07 bits per heavy atom. The Bertz CT molecular complexity index is 292. The van der Waals surface area contributed by atoms with Gasteiger partial charge in [-0.1, -0.05) is 37.6 Å². The largest absolute Gasteiger partial charge is 0.330 e. The van der Waals surface area contributed by atoms with Crippen LogP contribution in [0.25, 0.3) is 0 Å². The maximum atomic E-state index is 6.15.